The Morgan fingerprint density at radius 1 is 0.895 bits per heavy atom. The summed E-state index contributed by atoms with van der Waals surface area (Å²) in [5, 5.41) is 0.748. The first-order chi connectivity index (χ1) is 9.34. The topological polar surface area (TPSA) is 0 Å². The molecule has 0 aromatic heterocycles. The van der Waals surface area contributed by atoms with Crippen molar-refractivity contribution in [1.29, 1.82) is 0 Å². The SMILES string of the molecule is Clc1cccc(C(=C2[C]=CC=C2)c2ccccc2)c1. The molecular weight excluding hydrogens is 252 g/mol. The second-order valence-corrected chi connectivity index (χ2v) is 4.77. The molecule has 3 rings (SSSR count). The molecule has 0 heterocycles. The Kier molecular flexibility index (Phi) is 3.35. The van der Waals surface area contributed by atoms with Gasteiger partial charge in [-0.2, -0.15) is 0 Å². The molecule has 0 spiro atoms. The van der Waals surface area contributed by atoms with Crippen LogP contribution in [-0.2, 0) is 0 Å². The van der Waals surface area contributed by atoms with E-state index < -0.39 is 0 Å². The van der Waals surface area contributed by atoms with Crippen LogP contribution in [0.4, 0.5) is 0 Å². The third kappa shape index (κ3) is 2.54. The molecule has 1 heteroatoms. The second-order valence-electron chi connectivity index (χ2n) is 4.34. The lowest BCUT2D eigenvalue weighted by Crippen LogP contribution is -1.91. The monoisotopic (exact) mass is 263 g/mol. The highest BCUT2D eigenvalue weighted by Gasteiger charge is 2.10. The van der Waals surface area contributed by atoms with Gasteiger partial charge in [0, 0.05) is 5.02 Å². The predicted octanol–water partition coefficient (Wildman–Crippen LogP) is 5.07. The minimum atomic E-state index is 0.748. The van der Waals surface area contributed by atoms with Gasteiger partial charge in [0.05, 0.1) is 0 Å². The van der Waals surface area contributed by atoms with Crippen LogP contribution in [0.25, 0.3) is 5.57 Å². The summed E-state index contributed by atoms with van der Waals surface area (Å²) < 4.78 is 0. The quantitative estimate of drug-likeness (QED) is 0.709. The van der Waals surface area contributed by atoms with Crippen LogP contribution in [0.3, 0.4) is 0 Å². The molecule has 1 radical (unpaired) electrons. The van der Waals surface area contributed by atoms with Crippen molar-refractivity contribution >= 4 is 17.2 Å². The van der Waals surface area contributed by atoms with Gasteiger partial charge in [0.15, 0.2) is 0 Å². The maximum atomic E-state index is 6.11. The van der Waals surface area contributed by atoms with Crippen molar-refractivity contribution < 1.29 is 0 Å². The van der Waals surface area contributed by atoms with Crippen LogP contribution in [0.1, 0.15) is 11.1 Å². The molecule has 19 heavy (non-hydrogen) atoms. The van der Waals surface area contributed by atoms with E-state index in [9.17, 15) is 0 Å². The number of halogens is 1. The summed E-state index contributed by atoms with van der Waals surface area (Å²) in [5.74, 6) is 0. The van der Waals surface area contributed by atoms with Crippen LogP contribution in [0, 0.1) is 6.08 Å². The zero-order valence-electron chi connectivity index (χ0n) is 10.3. The lowest BCUT2D eigenvalue weighted by atomic mass is 9.93. The van der Waals surface area contributed by atoms with E-state index in [2.05, 4.69) is 30.4 Å². The number of rotatable bonds is 2. The summed E-state index contributed by atoms with van der Waals surface area (Å²) in [6.45, 7) is 0. The van der Waals surface area contributed by atoms with Crippen molar-refractivity contribution in [2.45, 2.75) is 0 Å². The fourth-order valence-electron chi connectivity index (χ4n) is 2.21. The van der Waals surface area contributed by atoms with Crippen molar-refractivity contribution in [2.75, 3.05) is 0 Å². The van der Waals surface area contributed by atoms with E-state index >= 15 is 0 Å². The number of allylic oxidation sites excluding steroid dienone is 5. The molecule has 91 valence electrons. The summed E-state index contributed by atoms with van der Waals surface area (Å²) in [7, 11) is 0. The third-order valence-electron chi connectivity index (χ3n) is 3.04. The van der Waals surface area contributed by atoms with Crippen LogP contribution in [0.2, 0.25) is 5.02 Å². The molecule has 0 amide bonds. The van der Waals surface area contributed by atoms with Crippen molar-refractivity contribution in [1.82, 2.24) is 0 Å². The smallest absolute Gasteiger partial charge is 0.0412 e. The van der Waals surface area contributed by atoms with Crippen molar-refractivity contribution in [3.63, 3.8) is 0 Å². The first-order valence-corrected chi connectivity index (χ1v) is 6.54. The highest BCUT2D eigenvalue weighted by Crippen LogP contribution is 2.30. The molecular formula is C18H12Cl. The zero-order valence-corrected chi connectivity index (χ0v) is 11.1. The minimum absolute atomic E-state index is 0.748. The lowest BCUT2D eigenvalue weighted by molar-refractivity contribution is 1.51. The van der Waals surface area contributed by atoms with Crippen LogP contribution in [-0.4, -0.2) is 0 Å². The molecule has 0 bridgehead atoms. The molecule has 2 aromatic rings. The molecule has 2 aromatic carbocycles. The van der Waals surface area contributed by atoms with Crippen LogP contribution in [0.15, 0.2) is 78.4 Å². The van der Waals surface area contributed by atoms with E-state index in [1.165, 1.54) is 5.56 Å². The average Bonchev–Trinajstić information content (AvgIpc) is 2.94. The highest BCUT2D eigenvalue weighted by molar-refractivity contribution is 6.30. The summed E-state index contributed by atoms with van der Waals surface area (Å²) in [6, 6.07) is 18.3. The first-order valence-electron chi connectivity index (χ1n) is 6.17. The van der Waals surface area contributed by atoms with Gasteiger partial charge in [0.1, 0.15) is 0 Å². The summed E-state index contributed by atoms with van der Waals surface area (Å²) >= 11 is 6.11. The molecule has 0 N–H and O–H groups in total. The minimum Gasteiger partial charge on any atom is -0.0843 e. The predicted molar refractivity (Wildman–Crippen MR) is 80.9 cm³/mol. The molecule has 0 aliphatic heterocycles. The Morgan fingerprint density at radius 2 is 1.68 bits per heavy atom. The van der Waals surface area contributed by atoms with Gasteiger partial charge in [-0.15, -0.1) is 0 Å². The number of hydrogen-bond acceptors (Lipinski definition) is 0. The van der Waals surface area contributed by atoms with Gasteiger partial charge >= 0.3 is 0 Å². The molecule has 0 fully saturated rings. The Labute approximate surface area is 118 Å². The van der Waals surface area contributed by atoms with E-state index in [4.69, 9.17) is 11.6 Å². The van der Waals surface area contributed by atoms with E-state index in [1.807, 2.05) is 48.6 Å². The maximum absolute atomic E-state index is 6.11. The average molecular weight is 264 g/mol. The molecule has 1 aliphatic carbocycles. The van der Waals surface area contributed by atoms with Crippen LogP contribution in [0.5, 0.6) is 0 Å². The zero-order chi connectivity index (χ0) is 13.1. The number of hydrogen-bond donors (Lipinski definition) is 0. The largest absolute Gasteiger partial charge is 0.0843 e. The van der Waals surface area contributed by atoms with E-state index in [-0.39, 0.29) is 0 Å². The molecule has 0 unspecified atom stereocenters. The summed E-state index contributed by atoms with van der Waals surface area (Å²) in [6.07, 6.45) is 9.28. The van der Waals surface area contributed by atoms with E-state index in [1.54, 1.807) is 0 Å². The van der Waals surface area contributed by atoms with Gasteiger partial charge in [0.2, 0.25) is 0 Å². The van der Waals surface area contributed by atoms with Crippen molar-refractivity contribution in [2.24, 2.45) is 0 Å². The fraction of sp³-hybridized carbons (Fsp3) is 0. The number of benzene rings is 2. The summed E-state index contributed by atoms with van der Waals surface area (Å²) in [4.78, 5) is 0. The van der Waals surface area contributed by atoms with Crippen molar-refractivity contribution in [3.8, 4) is 0 Å². The van der Waals surface area contributed by atoms with Gasteiger partial charge in [-0.25, -0.2) is 0 Å². The van der Waals surface area contributed by atoms with Gasteiger partial charge in [-0.1, -0.05) is 72.3 Å². The fourth-order valence-corrected chi connectivity index (χ4v) is 2.40. The van der Waals surface area contributed by atoms with Gasteiger partial charge in [-0.3, -0.25) is 0 Å². The first kappa shape index (κ1) is 12.0. The standard InChI is InChI=1S/C18H12Cl/c19-17-12-6-11-16(13-17)18(15-9-4-5-10-15)14-7-2-1-3-8-14/h1-9,11-13H. The maximum Gasteiger partial charge on any atom is 0.0412 e. The highest BCUT2D eigenvalue weighted by atomic mass is 35.5. The Morgan fingerprint density at radius 3 is 2.37 bits per heavy atom. The van der Waals surface area contributed by atoms with Crippen LogP contribution < -0.4 is 0 Å². The molecule has 0 atom stereocenters. The van der Waals surface area contributed by atoms with Crippen molar-refractivity contribution in [3.05, 3.63) is 101 Å². The van der Waals surface area contributed by atoms with E-state index in [0.29, 0.717) is 0 Å². The Balaban J connectivity index is 2.22. The van der Waals surface area contributed by atoms with E-state index in [0.717, 1.165) is 21.7 Å². The molecule has 0 nitrogen and oxygen atoms in total. The lowest BCUT2D eigenvalue weighted by Gasteiger charge is -2.11. The van der Waals surface area contributed by atoms with Gasteiger partial charge < -0.3 is 0 Å². The normalized spacial score (nSPS) is 15.8. The summed E-state index contributed by atoms with van der Waals surface area (Å²) in [5.41, 5.74) is 4.54. The second kappa shape index (κ2) is 5.29. The van der Waals surface area contributed by atoms with Gasteiger partial charge in [0.25, 0.3) is 0 Å². The molecule has 0 saturated carbocycles. The molecule has 1 aliphatic rings. The Hall–Kier alpha value is -2.05. The van der Waals surface area contributed by atoms with Gasteiger partial charge in [-0.05, 0) is 40.5 Å². The Bertz CT molecular complexity index is 662. The van der Waals surface area contributed by atoms with Crippen LogP contribution >= 0.6 is 11.6 Å². The third-order valence-corrected chi connectivity index (χ3v) is 3.28. The molecule has 0 saturated heterocycles.